The lowest BCUT2D eigenvalue weighted by molar-refractivity contribution is 0.0526. The Kier molecular flexibility index (Phi) is 3.81. The summed E-state index contributed by atoms with van der Waals surface area (Å²) in [5.41, 5.74) is 2.84. The molecule has 3 rings (SSSR count). The van der Waals surface area contributed by atoms with Crippen molar-refractivity contribution in [1.82, 2.24) is 14.5 Å². The minimum absolute atomic E-state index is 0.331. The number of pyridine rings is 1. The molecule has 0 atom stereocenters. The molecule has 1 aromatic carbocycles. The molecule has 0 N–H and O–H groups in total. The minimum atomic E-state index is -0.331. The number of esters is 1. The third-order valence-electron chi connectivity index (χ3n) is 3.27. The Hall–Kier alpha value is -2.40. The Morgan fingerprint density at radius 2 is 1.91 bits per heavy atom. The fraction of sp³-hybridized carbons (Fsp3) is 0.188. The van der Waals surface area contributed by atoms with E-state index in [1.165, 1.54) is 0 Å². The van der Waals surface area contributed by atoms with Crippen LogP contribution in [-0.4, -0.2) is 27.1 Å². The van der Waals surface area contributed by atoms with Crippen molar-refractivity contribution in [2.24, 2.45) is 0 Å². The van der Waals surface area contributed by atoms with E-state index in [1.807, 2.05) is 29.7 Å². The quantitative estimate of drug-likeness (QED) is 0.548. The molecule has 112 valence electrons. The monoisotopic (exact) mass is 315 g/mol. The summed E-state index contributed by atoms with van der Waals surface area (Å²) in [7, 11) is 0. The first kappa shape index (κ1) is 14.5. The van der Waals surface area contributed by atoms with Crippen LogP contribution >= 0.6 is 11.6 Å². The van der Waals surface area contributed by atoms with Crippen molar-refractivity contribution in [2.75, 3.05) is 6.61 Å². The number of rotatable bonds is 3. The Labute approximate surface area is 132 Å². The first-order valence-electron chi connectivity index (χ1n) is 6.89. The summed E-state index contributed by atoms with van der Waals surface area (Å²) in [6.45, 7) is 4.03. The second kappa shape index (κ2) is 5.77. The van der Waals surface area contributed by atoms with Crippen LogP contribution < -0.4 is 0 Å². The number of aromatic nitrogens is 3. The summed E-state index contributed by atoms with van der Waals surface area (Å²) < 4.78 is 6.88. The maximum absolute atomic E-state index is 11.7. The first-order chi connectivity index (χ1) is 10.6. The van der Waals surface area contributed by atoms with Gasteiger partial charge in [0.1, 0.15) is 16.5 Å². The molecular weight excluding hydrogens is 302 g/mol. The van der Waals surface area contributed by atoms with Crippen LogP contribution in [0.1, 0.15) is 23.1 Å². The first-order valence-corrected chi connectivity index (χ1v) is 7.27. The van der Waals surface area contributed by atoms with Crippen molar-refractivity contribution in [3.8, 4) is 5.69 Å². The Morgan fingerprint density at radius 3 is 2.59 bits per heavy atom. The highest BCUT2D eigenvalue weighted by Gasteiger charge is 2.12. The van der Waals surface area contributed by atoms with E-state index in [-0.39, 0.29) is 5.97 Å². The van der Waals surface area contributed by atoms with E-state index in [9.17, 15) is 4.79 Å². The normalized spacial score (nSPS) is 10.9. The van der Waals surface area contributed by atoms with Gasteiger partial charge in [-0.1, -0.05) is 11.6 Å². The minimum Gasteiger partial charge on any atom is -0.462 e. The lowest BCUT2D eigenvalue weighted by atomic mass is 10.2. The molecule has 3 aromatic rings. The second-order valence-electron chi connectivity index (χ2n) is 4.74. The molecule has 0 aliphatic heterocycles. The van der Waals surface area contributed by atoms with Gasteiger partial charge in [-0.25, -0.2) is 14.8 Å². The topological polar surface area (TPSA) is 57.0 Å². The van der Waals surface area contributed by atoms with Crippen LogP contribution in [0.2, 0.25) is 5.15 Å². The summed E-state index contributed by atoms with van der Waals surface area (Å²) in [6, 6.07) is 10.7. The summed E-state index contributed by atoms with van der Waals surface area (Å²) >= 11 is 5.98. The Bertz CT molecular complexity index is 840. The molecule has 0 spiro atoms. The molecule has 0 saturated carbocycles. The van der Waals surface area contributed by atoms with Crippen molar-refractivity contribution in [3.63, 3.8) is 0 Å². The van der Waals surface area contributed by atoms with Gasteiger partial charge in [-0.15, -0.1) is 0 Å². The summed E-state index contributed by atoms with van der Waals surface area (Å²) in [4.78, 5) is 20.5. The van der Waals surface area contributed by atoms with Crippen LogP contribution in [0.3, 0.4) is 0 Å². The van der Waals surface area contributed by atoms with Gasteiger partial charge in [0.15, 0.2) is 5.65 Å². The summed E-state index contributed by atoms with van der Waals surface area (Å²) in [6.07, 6.45) is 0. The van der Waals surface area contributed by atoms with Gasteiger partial charge in [0.05, 0.1) is 12.2 Å². The van der Waals surface area contributed by atoms with E-state index in [0.29, 0.717) is 23.0 Å². The molecular formula is C16H14ClN3O2. The largest absolute Gasteiger partial charge is 0.462 e. The van der Waals surface area contributed by atoms with Crippen molar-refractivity contribution in [2.45, 2.75) is 13.8 Å². The molecule has 0 radical (unpaired) electrons. The highest BCUT2D eigenvalue weighted by atomic mass is 35.5. The zero-order valence-electron chi connectivity index (χ0n) is 12.2. The third-order valence-corrected chi connectivity index (χ3v) is 3.49. The number of ether oxygens (including phenoxy) is 1. The average Bonchev–Trinajstić information content (AvgIpc) is 2.83. The van der Waals surface area contributed by atoms with Gasteiger partial charge in [-0.3, -0.25) is 4.57 Å². The van der Waals surface area contributed by atoms with Crippen molar-refractivity contribution >= 4 is 28.7 Å². The second-order valence-corrected chi connectivity index (χ2v) is 5.13. The Balaban J connectivity index is 2.06. The number of fused-ring (bicyclic) bond motifs is 1. The molecule has 0 fully saturated rings. The molecule has 0 saturated heterocycles. The predicted octanol–water partition coefficient (Wildman–Crippen LogP) is 3.56. The molecule has 0 aliphatic rings. The SMILES string of the molecule is CCOC(=O)c1ccc(-n2c(C)nc3ccc(Cl)nc32)cc1. The zero-order chi connectivity index (χ0) is 15.7. The average molecular weight is 316 g/mol. The van der Waals surface area contributed by atoms with Crippen molar-refractivity contribution < 1.29 is 9.53 Å². The molecule has 22 heavy (non-hydrogen) atoms. The van der Waals surface area contributed by atoms with E-state index in [1.54, 1.807) is 25.1 Å². The van der Waals surface area contributed by atoms with E-state index in [2.05, 4.69) is 9.97 Å². The van der Waals surface area contributed by atoms with Crippen molar-refractivity contribution in [1.29, 1.82) is 0 Å². The van der Waals surface area contributed by atoms with Crippen LogP contribution in [0.4, 0.5) is 0 Å². The number of aryl methyl sites for hydroxylation is 1. The number of hydrogen-bond donors (Lipinski definition) is 0. The predicted molar refractivity (Wildman–Crippen MR) is 84.6 cm³/mol. The molecule has 2 aromatic heterocycles. The van der Waals surface area contributed by atoms with Gasteiger partial charge < -0.3 is 4.74 Å². The molecule has 6 heteroatoms. The van der Waals surface area contributed by atoms with E-state index < -0.39 is 0 Å². The third kappa shape index (κ3) is 2.55. The van der Waals surface area contributed by atoms with E-state index >= 15 is 0 Å². The van der Waals surface area contributed by atoms with Gasteiger partial charge in [0.25, 0.3) is 0 Å². The van der Waals surface area contributed by atoms with Gasteiger partial charge in [-0.2, -0.15) is 0 Å². The smallest absolute Gasteiger partial charge is 0.338 e. The fourth-order valence-corrected chi connectivity index (χ4v) is 2.46. The maximum Gasteiger partial charge on any atom is 0.338 e. The van der Waals surface area contributed by atoms with Crippen LogP contribution in [0, 0.1) is 6.92 Å². The number of imidazole rings is 1. The Morgan fingerprint density at radius 1 is 1.18 bits per heavy atom. The number of carbonyl (C=O) groups excluding carboxylic acids is 1. The van der Waals surface area contributed by atoms with Crippen LogP contribution in [0.25, 0.3) is 16.9 Å². The maximum atomic E-state index is 11.7. The van der Waals surface area contributed by atoms with E-state index in [4.69, 9.17) is 16.3 Å². The number of benzene rings is 1. The van der Waals surface area contributed by atoms with Crippen LogP contribution in [0.5, 0.6) is 0 Å². The van der Waals surface area contributed by atoms with Gasteiger partial charge >= 0.3 is 5.97 Å². The zero-order valence-corrected chi connectivity index (χ0v) is 13.0. The molecule has 0 aliphatic carbocycles. The molecule has 0 bridgehead atoms. The highest BCUT2D eigenvalue weighted by molar-refractivity contribution is 6.29. The molecule has 0 unspecified atom stereocenters. The van der Waals surface area contributed by atoms with Crippen LogP contribution in [0.15, 0.2) is 36.4 Å². The van der Waals surface area contributed by atoms with Crippen molar-refractivity contribution in [3.05, 3.63) is 52.9 Å². The lowest BCUT2D eigenvalue weighted by Crippen LogP contribution is -2.05. The number of hydrogen-bond acceptors (Lipinski definition) is 4. The van der Waals surface area contributed by atoms with Gasteiger partial charge in [0.2, 0.25) is 0 Å². The number of nitrogens with zero attached hydrogens (tertiary/aromatic N) is 3. The molecule has 5 nitrogen and oxygen atoms in total. The highest BCUT2D eigenvalue weighted by Crippen LogP contribution is 2.21. The molecule has 2 heterocycles. The number of carbonyl (C=O) groups is 1. The van der Waals surface area contributed by atoms with Crippen LogP contribution in [-0.2, 0) is 4.74 Å². The molecule has 0 amide bonds. The van der Waals surface area contributed by atoms with E-state index in [0.717, 1.165) is 17.0 Å². The van der Waals surface area contributed by atoms with Gasteiger partial charge in [-0.05, 0) is 50.2 Å². The summed E-state index contributed by atoms with van der Waals surface area (Å²) in [5, 5.41) is 0.414. The summed E-state index contributed by atoms with van der Waals surface area (Å²) in [5.74, 6) is 0.469. The lowest BCUT2D eigenvalue weighted by Gasteiger charge is -2.07. The standard InChI is InChI=1S/C16H14ClN3O2/c1-3-22-16(21)11-4-6-12(7-5-11)20-10(2)18-13-8-9-14(17)19-15(13)20/h4-9H,3H2,1-2H3. The van der Waals surface area contributed by atoms with Gasteiger partial charge in [0, 0.05) is 5.69 Å². The fourth-order valence-electron chi connectivity index (χ4n) is 2.32. The number of halogens is 1.